The average Bonchev–Trinajstić information content (AvgIpc) is 2.31. The Hall–Kier alpha value is -1.13. The molecule has 0 bridgehead atoms. The second-order valence-corrected chi connectivity index (χ2v) is 4.73. The van der Waals surface area contributed by atoms with Crippen LogP contribution < -0.4 is 5.32 Å². The van der Waals surface area contributed by atoms with Crippen LogP contribution in [0.1, 0.15) is 25.8 Å². The number of hydrogen-bond donors (Lipinski definition) is 2. The summed E-state index contributed by atoms with van der Waals surface area (Å²) in [4.78, 5) is 11.1. The third kappa shape index (κ3) is 3.96. The molecule has 0 radical (unpaired) electrons. The number of aliphatic carboxylic acids is 1. The summed E-state index contributed by atoms with van der Waals surface area (Å²) in [5, 5.41) is 12.4. The lowest BCUT2D eigenvalue weighted by Gasteiger charge is -2.20. The summed E-state index contributed by atoms with van der Waals surface area (Å²) < 4.78 is 12.9. The fourth-order valence-electron chi connectivity index (χ4n) is 1.65. The van der Waals surface area contributed by atoms with Crippen molar-refractivity contribution in [2.45, 2.75) is 32.9 Å². The smallest absolute Gasteiger partial charge is 0.320 e. The number of benzene rings is 1. The molecule has 3 nitrogen and oxygen atoms in total. The van der Waals surface area contributed by atoms with Gasteiger partial charge in [0.2, 0.25) is 0 Å². The third-order valence-electron chi connectivity index (χ3n) is 3.01. The Morgan fingerprint density at radius 2 is 2.22 bits per heavy atom. The minimum Gasteiger partial charge on any atom is -0.480 e. The van der Waals surface area contributed by atoms with Crippen molar-refractivity contribution in [1.82, 2.24) is 5.32 Å². The average molecular weight is 274 g/mol. The lowest BCUT2D eigenvalue weighted by atomic mass is 9.99. The minimum absolute atomic E-state index is 0.0155. The molecule has 0 heterocycles. The largest absolute Gasteiger partial charge is 0.480 e. The van der Waals surface area contributed by atoms with Gasteiger partial charge in [0.15, 0.2) is 0 Å². The Balaban J connectivity index is 2.70. The van der Waals surface area contributed by atoms with Crippen LogP contribution in [0.25, 0.3) is 0 Å². The van der Waals surface area contributed by atoms with Crippen molar-refractivity contribution in [2.24, 2.45) is 5.92 Å². The molecular weight excluding hydrogens is 257 g/mol. The maximum Gasteiger partial charge on any atom is 0.320 e. The number of carbonyl (C=O) groups is 1. The van der Waals surface area contributed by atoms with Crippen LogP contribution in [-0.4, -0.2) is 17.1 Å². The highest BCUT2D eigenvalue weighted by Crippen LogP contribution is 2.18. The fourth-order valence-corrected chi connectivity index (χ4v) is 1.89. The van der Waals surface area contributed by atoms with Gasteiger partial charge in [-0.15, -0.1) is 0 Å². The van der Waals surface area contributed by atoms with E-state index >= 15 is 0 Å². The van der Waals surface area contributed by atoms with Crippen LogP contribution in [0.2, 0.25) is 5.02 Å². The van der Waals surface area contributed by atoms with Gasteiger partial charge in [0.25, 0.3) is 0 Å². The highest BCUT2D eigenvalue weighted by Gasteiger charge is 2.22. The Bertz CT molecular complexity index is 425. The first-order valence-corrected chi connectivity index (χ1v) is 6.23. The van der Waals surface area contributed by atoms with Gasteiger partial charge < -0.3 is 10.4 Å². The van der Waals surface area contributed by atoms with Gasteiger partial charge in [-0.3, -0.25) is 4.79 Å². The lowest BCUT2D eigenvalue weighted by molar-refractivity contribution is -0.140. The van der Waals surface area contributed by atoms with Gasteiger partial charge in [-0.05, 0) is 23.6 Å². The predicted molar refractivity (Wildman–Crippen MR) is 69.1 cm³/mol. The fraction of sp³-hybridized carbons (Fsp3) is 0.462. The Labute approximate surface area is 111 Å². The first kappa shape index (κ1) is 14.9. The Morgan fingerprint density at radius 1 is 1.56 bits per heavy atom. The lowest BCUT2D eigenvalue weighted by Crippen LogP contribution is -2.41. The number of carboxylic acids is 1. The number of hydrogen-bond acceptors (Lipinski definition) is 2. The van der Waals surface area contributed by atoms with E-state index in [0.717, 1.165) is 6.42 Å². The van der Waals surface area contributed by atoms with E-state index in [0.29, 0.717) is 17.1 Å². The zero-order valence-corrected chi connectivity index (χ0v) is 11.2. The van der Waals surface area contributed by atoms with Crippen molar-refractivity contribution in [3.8, 4) is 0 Å². The molecule has 2 atom stereocenters. The predicted octanol–water partition coefficient (Wildman–Crippen LogP) is 3.07. The summed E-state index contributed by atoms with van der Waals surface area (Å²) in [5.74, 6) is -1.27. The highest BCUT2D eigenvalue weighted by atomic mass is 35.5. The molecule has 2 N–H and O–H groups in total. The summed E-state index contributed by atoms with van der Waals surface area (Å²) in [7, 11) is 0. The minimum atomic E-state index is -0.886. The van der Waals surface area contributed by atoms with E-state index in [1.807, 2.05) is 13.8 Å². The first-order valence-electron chi connectivity index (χ1n) is 5.85. The van der Waals surface area contributed by atoms with E-state index in [2.05, 4.69) is 5.32 Å². The summed E-state index contributed by atoms with van der Waals surface area (Å²) in [5.41, 5.74) is 0.688. The Kier molecular flexibility index (Phi) is 5.56. The Morgan fingerprint density at radius 3 is 2.72 bits per heavy atom. The standard InChI is InChI=1S/C13H17ClFNO2/c1-3-8(2)12(13(17)18)16-7-9-4-5-10(15)6-11(9)14/h4-6,8,12,16H,3,7H2,1-2H3,(H,17,18)/t8-,12-/m0/s1. The van der Waals surface area contributed by atoms with Gasteiger partial charge in [0, 0.05) is 11.6 Å². The molecule has 18 heavy (non-hydrogen) atoms. The topological polar surface area (TPSA) is 49.3 Å². The van der Waals surface area contributed by atoms with Crippen molar-refractivity contribution in [3.05, 3.63) is 34.6 Å². The molecule has 0 amide bonds. The van der Waals surface area contributed by atoms with Crippen LogP contribution in [0.4, 0.5) is 4.39 Å². The molecule has 0 unspecified atom stereocenters. The van der Waals surface area contributed by atoms with Crippen molar-refractivity contribution in [1.29, 1.82) is 0 Å². The molecule has 0 aliphatic carbocycles. The molecule has 0 fully saturated rings. The molecule has 0 aliphatic heterocycles. The van der Waals surface area contributed by atoms with Gasteiger partial charge in [-0.2, -0.15) is 0 Å². The molecule has 0 spiro atoms. The van der Waals surface area contributed by atoms with Crippen LogP contribution >= 0.6 is 11.6 Å². The van der Waals surface area contributed by atoms with Gasteiger partial charge in [0.1, 0.15) is 11.9 Å². The molecule has 0 aliphatic rings. The first-order chi connectivity index (χ1) is 8.45. The second-order valence-electron chi connectivity index (χ2n) is 4.32. The molecule has 1 aromatic carbocycles. The summed E-state index contributed by atoms with van der Waals surface area (Å²) >= 11 is 5.88. The number of carboxylic acid groups (broad SMARTS) is 1. The monoisotopic (exact) mass is 273 g/mol. The second kappa shape index (κ2) is 6.71. The van der Waals surface area contributed by atoms with Crippen LogP contribution in [0.5, 0.6) is 0 Å². The highest BCUT2D eigenvalue weighted by molar-refractivity contribution is 6.31. The number of nitrogens with one attached hydrogen (secondary N) is 1. The maximum absolute atomic E-state index is 12.9. The third-order valence-corrected chi connectivity index (χ3v) is 3.36. The van der Waals surface area contributed by atoms with Crippen LogP contribution in [0.3, 0.4) is 0 Å². The molecule has 1 aromatic rings. The van der Waals surface area contributed by atoms with Crippen LogP contribution in [0, 0.1) is 11.7 Å². The quantitative estimate of drug-likeness (QED) is 0.837. The van der Waals surface area contributed by atoms with Crippen molar-refractivity contribution in [2.75, 3.05) is 0 Å². The summed E-state index contributed by atoms with van der Waals surface area (Å²) in [6.45, 7) is 4.12. The van der Waals surface area contributed by atoms with Crippen LogP contribution in [-0.2, 0) is 11.3 Å². The zero-order chi connectivity index (χ0) is 13.7. The molecule has 0 aromatic heterocycles. The van der Waals surface area contributed by atoms with E-state index in [-0.39, 0.29) is 5.92 Å². The molecule has 1 rings (SSSR count). The van der Waals surface area contributed by atoms with Crippen molar-refractivity contribution >= 4 is 17.6 Å². The molecule has 5 heteroatoms. The number of rotatable bonds is 6. The SMILES string of the molecule is CC[C@H](C)[C@H](NCc1ccc(F)cc1Cl)C(=O)O. The van der Waals surface area contributed by atoms with E-state index in [4.69, 9.17) is 16.7 Å². The van der Waals surface area contributed by atoms with Gasteiger partial charge >= 0.3 is 5.97 Å². The van der Waals surface area contributed by atoms with Gasteiger partial charge in [-0.25, -0.2) is 4.39 Å². The van der Waals surface area contributed by atoms with E-state index < -0.39 is 17.8 Å². The normalized spacial score (nSPS) is 14.2. The zero-order valence-electron chi connectivity index (χ0n) is 10.4. The number of halogens is 2. The summed E-state index contributed by atoms with van der Waals surface area (Å²) in [6, 6.07) is 3.45. The van der Waals surface area contributed by atoms with Gasteiger partial charge in [0.05, 0.1) is 0 Å². The van der Waals surface area contributed by atoms with E-state index in [9.17, 15) is 9.18 Å². The van der Waals surface area contributed by atoms with Crippen molar-refractivity contribution in [3.63, 3.8) is 0 Å². The van der Waals surface area contributed by atoms with E-state index in [1.165, 1.54) is 12.1 Å². The van der Waals surface area contributed by atoms with Crippen molar-refractivity contribution < 1.29 is 14.3 Å². The molecule has 0 saturated heterocycles. The van der Waals surface area contributed by atoms with Crippen LogP contribution in [0.15, 0.2) is 18.2 Å². The van der Waals surface area contributed by atoms with E-state index in [1.54, 1.807) is 6.07 Å². The molecule has 100 valence electrons. The summed E-state index contributed by atoms with van der Waals surface area (Å²) in [6.07, 6.45) is 0.765. The molecular formula is C13H17ClFNO2. The maximum atomic E-state index is 12.9. The van der Waals surface area contributed by atoms with Gasteiger partial charge in [-0.1, -0.05) is 37.9 Å². The molecule has 0 saturated carbocycles.